The fourth-order valence-corrected chi connectivity index (χ4v) is 2.59. The molecule has 6 heteroatoms. The SMILES string of the molecule is C[C@@H]1CN(C(=O)C2CC(O)CN2)C[C@H]1C(=O)O. The average molecular weight is 242 g/mol. The van der Waals surface area contributed by atoms with E-state index in [2.05, 4.69) is 5.32 Å². The first-order valence-electron chi connectivity index (χ1n) is 5.92. The number of likely N-dealkylation sites (tertiary alicyclic amines) is 1. The number of aliphatic hydroxyl groups is 1. The molecule has 4 atom stereocenters. The van der Waals surface area contributed by atoms with Crippen LogP contribution >= 0.6 is 0 Å². The van der Waals surface area contributed by atoms with Gasteiger partial charge in [-0.25, -0.2) is 0 Å². The van der Waals surface area contributed by atoms with Gasteiger partial charge in [0.25, 0.3) is 0 Å². The fraction of sp³-hybridized carbons (Fsp3) is 0.818. The van der Waals surface area contributed by atoms with E-state index >= 15 is 0 Å². The minimum atomic E-state index is -0.841. The van der Waals surface area contributed by atoms with Crippen LogP contribution in [-0.4, -0.2) is 58.8 Å². The number of hydrogen-bond donors (Lipinski definition) is 3. The number of carbonyl (C=O) groups is 2. The zero-order valence-electron chi connectivity index (χ0n) is 9.80. The summed E-state index contributed by atoms with van der Waals surface area (Å²) < 4.78 is 0. The molecule has 2 heterocycles. The lowest BCUT2D eigenvalue weighted by atomic mass is 9.99. The molecule has 3 N–H and O–H groups in total. The van der Waals surface area contributed by atoms with Gasteiger partial charge in [0.2, 0.25) is 5.91 Å². The number of β-amino-alcohol motifs (C(OH)–C–C–N with tert-alkyl or cyclic N) is 1. The van der Waals surface area contributed by atoms with Crippen LogP contribution in [0.5, 0.6) is 0 Å². The van der Waals surface area contributed by atoms with E-state index < -0.39 is 18.0 Å². The summed E-state index contributed by atoms with van der Waals surface area (Å²) in [4.78, 5) is 24.6. The second-order valence-electron chi connectivity index (χ2n) is 5.02. The van der Waals surface area contributed by atoms with Crippen molar-refractivity contribution in [3.63, 3.8) is 0 Å². The summed E-state index contributed by atoms with van der Waals surface area (Å²) >= 11 is 0. The van der Waals surface area contributed by atoms with Gasteiger partial charge in [-0.1, -0.05) is 6.92 Å². The van der Waals surface area contributed by atoms with E-state index in [4.69, 9.17) is 5.11 Å². The van der Waals surface area contributed by atoms with E-state index in [0.717, 1.165) is 0 Å². The number of carboxylic acids is 1. The molecule has 0 bridgehead atoms. The number of aliphatic hydroxyl groups excluding tert-OH is 1. The summed E-state index contributed by atoms with van der Waals surface area (Å²) in [5, 5.41) is 21.3. The highest BCUT2D eigenvalue weighted by Crippen LogP contribution is 2.24. The maximum absolute atomic E-state index is 12.1. The van der Waals surface area contributed by atoms with Crippen molar-refractivity contribution < 1.29 is 19.8 Å². The van der Waals surface area contributed by atoms with Crippen LogP contribution in [-0.2, 0) is 9.59 Å². The van der Waals surface area contributed by atoms with Crippen LogP contribution in [0, 0.1) is 11.8 Å². The Bertz CT molecular complexity index is 333. The van der Waals surface area contributed by atoms with E-state index in [1.165, 1.54) is 0 Å². The molecule has 2 aliphatic rings. The molecule has 2 unspecified atom stereocenters. The van der Waals surface area contributed by atoms with Gasteiger partial charge in [0, 0.05) is 19.6 Å². The van der Waals surface area contributed by atoms with Gasteiger partial charge in [-0.3, -0.25) is 9.59 Å². The van der Waals surface area contributed by atoms with Crippen LogP contribution in [0.1, 0.15) is 13.3 Å². The molecule has 2 fully saturated rings. The largest absolute Gasteiger partial charge is 0.481 e. The van der Waals surface area contributed by atoms with Crippen molar-refractivity contribution in [2.75, 3.05) is 19.6 Å². The first-order valence-corrected chi connectivity index (χ1v) is 5.92. The molecule has 96 valence electrons. The molecular weight excluding hydrogens is 224 g/mol. The summed E-state index contributed by atoms with van der Waals surface area (Å²) in [6.07, 6.45) is -0.0548. The molecule has 2 rings (SSSR count). The van der Waals surface area contributed by atoms with Crippen molar-refractivity contribution >= 4 is 11.9 Å². The highest BCUT2D eigenvalue weighted by molar-refractivity contribution is 5.83. The Hall–Kier alpha value is -1.14. The van der Waals surface area contributed by atoms with Crippen molar-refractivity contribution in [1.82, 2.24) is 10.2 Å². The van der Waals surface area contributed by atoms with Gasteiger partial charge < -0.3 is 20.4 Å². The van der Waals surface area contributed by atoms with Gasteiger partial charge in [-0.2, -0.15) is 0 Å². The minimum Gasteiger partial charge on any atom is -0.481 e. The van der Waals surface area contributed by atoms with Crippen LogP contribution in [0.25, 0.3) is 0 Å². The molecule has 0 aliphatic carbocycles. The van der Waals surface area contributed by atoms with E-state index in [1.807, 2.05) is 6.92 Å². The molecule has 0 spiro atoms. The summed E-state index contributed by atoms with van der Waals surface area (Å²) in [6.45, 7) is 3.05. The zero-order valence-corrected chi connectivity index (χ0v) is 9.80. The van der Waals surface area contributed by atoms with Crippen LogP contribution in [0.3, 0.4) is 0 Å². The number of nitrogens with one attached hydrogen (secondary N) is 1. The molecule has 0 radical (unpaired) electrons. The van der Waals surface area contributed by atoms with E-state index in [9.17, 15) is 14.7 Å². The van der Waals surface area contributed by atoms with Gasteiger partial charge in [0.05, 0.1) is 18.1 Å². The number of nitrogens with zero attached hydrogens (tertiary/aromatic N) is 1. The fourth-order valence-electron chi connectivity index (χ4n) is 2.59. The van der Waals surface area contributed by atoms with E-state index in [-0.39, 0.29) is 24.4 Å². The Balaban J connectivity index is 1.96. The predicted molar refractivity (Wildman–Crippen MR) is 59.3 cm³/mol. The summed E-state index contributed by atoms with van der Waals surface area (Å²) in [6, 6.07) is -0.357. The Morgan fingerprint density at radius 3 is 2.53 bits per heavy atom. The minimum absolute atomic E-state index is 0.0113. The third-order valence-electron chi connectivity index (χ3n) is 3.65. The number of amides is 1. The van der Waals surface area contributed by atoms with Crippen molar-refractivity contribution in [2.45, 2.75) is 25.5 Å². The van der Waals surface area contributed by atoms with Crippen molar-refractivity contribution in [1.29, 1.82) is 0 Å². The third-order valence-corrected chi connectivity index (χ3v) is 3.65. The third kappa shape index (κ3) is 2.42. The molecule has 0 saturated carbocycles. The average Bonchev–Trinajstić information content (AvgIpc) is 2.83. The normalized spacial score (nSPS) is 37.4. The molecule has 17 heavy (non-hydrogen) atoms. The second-order valence-corrected chi connectivity index (χ2v) is 5.02. The van der Waals surface area contributed by atoms with Gasteiger partial charge in [0.1, 0.15) is 0 Å². The highest BCUT2D eigenvalue weighted by Gasteiger charge is 2.40. The van der Waals surface area contributed by atoms with E-state index in [0.29, 0.717) is 19.5 Å². The zero-order chi connectivity index (χ0) is 12.6. The molecule has 2 saturated heterocycles. The molecule has 0 aromatic rings. The number of aliphatic carboxylic acids is 1. The highest BCUT2D eigenvalue weighted by atomic mass is 16.4. The van der Waals surface area contributed by atoms with Crippen molar-refractivity contribution in [3.8, 4) is 0 Å². The molecule has 0 aromatic heterocycles. The maximum Gasteiger partial charge on any atom is 0.308 e. The molecule has 0 aromatic carbocycles. The smallest absolute Gasteiger partial charge is 0.308 e. The monoisotopic (exact) mass is 242 g/mol. The Morgan fingerprint density at radius 1 is 1.35 bits per heavy atom. The van der Waals surface area contributed by atoms with Gasteiger partial charge >= 0.3 is 5.97 Å². The lowest BCUT2D eigenvalue weighted by Crippen LogP contribution is -2.42. The van der Waals surface area contributed by atoms with Crippen LogP contribution < -0.4 is 5.32 Å². The number of carboxylic acid groups (broad SMARTS) is 1. The number of rotatable bonds is 2. The van der Waals surface area contributed by atoms with Crippen LogP contribution in [0.15, 0.2) is 0 Å². The summed E-state index contributed by atoms with van der Waals surface area (Å²) in [5.41, 5.74) is 0. The number of hydrogen-bond acceptors (Lipinski definition) is 4. The topological polar surface area (TPSA) is 89.9 Å². The van der Waals surface area contributed by atoms with Crippen molar-refractivity contribution in [3.05, 3.63) is 0 Å². The lowest BCUT2D eigenvalue weighted by Gasteiger charge is -2.20. The Kier molecular flexibility index (Phi) is 3.35. The van der Waals surface area contributed by atoms with Gasteiger partial charge in [-0.15, -0.1) is 0 Å². The van der Waals surface area contributed by atoms with E-state index in [1.54, 1.807) is 4.90 Å². The maximum atomic E-state index is 12.1. The molecule has 1 amide bonds. The second kappa shape index (κ2) is 4.62. The predicted octanol–water partition coefficient (Wildman–Crippen LogP) is -1.11. The quantitative estimate of drug-likeness (QED) is 0.571. The molecule has 2 aliphatic heterocycles. The number of carbonyl (C=O) groups excluding carboxylic acids is 1. The van der Waals surface area contributed by atoms with Crippen LogP contribution in [0.4, 0.5) is 0 Å². The molecule has 6 nitrogen and oxygen atoms in total. The summed E-state index contributed by atoms with van der Waals surface area (Å²) in [7, 11) is 0. The lowest BCUT2D eigenvalue weighted by molar-refractivity contribution is -0.142. The molecular formula is C11H18N2O4. The van der Waals surface area contributed by atoms with Crippen molar-refractivity contribution in [2.24, 2.45) is 11.8 Å². The Morgan fingerprint density at radius 2 is 2.06 bits per heavy atom. The first kappa shape index (κ1) is 12.3. The first-order chi connectivity index (χ1) is 7.99. The van der Waals surface area contributed by atoms with Crippen LogP contribution in [0.2, 0.25) is 0 Å². The standard InChI is InChI=1S/C11H18N2O4/c1-6-4-13(5-8(6)11(16)17)10(15)9-2-7(14)3-12-9/h6-9,12,14H,2-5H2,1H3,(H,16,17)/t6-,7?,8-,9?/m1/s1. The van der Waals surface area contributed by atoms with Gasteiger partial charge in [-0.05, 0) is 12.3 Å². The van der Waals surface area contributed by atoms with Gasteiger partial charge in [0.15, 0.2) is 0 Å². The summed E-state index contributed by atoms with van der Waals surface area (Å²) in [5.74, 6) is -1.41. The Labute approximate surface area is 99.6 Å².